The van der Waals surface area contributed by atoms with Gasteiger partial charge in [0.15, 0.2) is 6.61 Å². The normalized spacial score (nSPS) is 11.3. The summed E-state index contributed by atoms with van der Waals surface area (Å²) in [7, 11) is -3.95. The molecule has 0 fully saturated rings. The highest BCUT2D eigenvalue weighted by atomic mass is 79.9. The summed E-state index contributed by atoms with van der Waals surface area (Å²) in [5, 5.41) is 8.84. The zero-order chi connectivity index (χ0) is 18.7. The number of benzene rings is 1. The van der Waals surface area contributed by atoms with E-state index in [0.29, 0.717) is 15.9 Å². The Morgan fingerprint density at radius 2 is 2.12 bits per heavy atom. The zero-order valence-corrected chi connectivity index (χ0v) is 15.4. The summed E-state index contributed by atoms with van der Waals surface area (Å²) in [5.41, 5.74) is 0.654. The van der Waals surface area contributed by atoms with Crippen molar-refractivity contribution in [3.63, 3.8) is 0 Å². The molecule has 0 unspecified atom stereocenters. The molecule has 11 heteroatoms. The van der Waals surface area contributed by atoms with E-state index in [1.54, 1.807) is 24.5 Å². The minimum atomic E-state index is -3.95. The van der Waals surface area contributed by atoms with E-state index < -0.39 is 16.0 Å². The first-order chi connectivity index (χ1) is 12.3. The van der Waals surface area contributed by atoms with Crippen molar-refractivity contribution < 1.29 is 22.5 Å². The van der Waals surface area contributed by atoms with Crippen LogP contribution in [-0.2, 0) is 21.4 Å². The fraction of sp³-hybridized carbons (Fsp3) is 0.0667. The van der Waals surface area contributed by atoms with Crippen molar-refractivity contribution in [2.24, 2.45) is 5.14 Å². The molecule has 9 nitrogen and oxygen atoms in total. The minimum absolute atomic E-state index is 0.00326. The molecule has 3 rings (SSSR count). The highest BCUT2D eigenvalue weighted by molar-refractivity contribution is 9.10. The summed E-state index contributed by atoms with van der Waals surface area (Å²) >= 11 is 3.16. The monoisotopic (exact) mass is 438 g/mol. The summed E-state index contributed by atoms with van der Waals surface area (Å²) in [6, 6.07) is 7.26. The molecule has 3 aromatic rings. The van der Waals surface area contributed by atoms with Gasteiger partial charge in [-0.3, -0.25) is 4.98 Å². The molecule has 26 heavy (non-hydrogen) atoms. The molecule has 2 aromatic heterocycles. The van der Waals surface area contributed by atoms with Crippen LogP contribution < -0.4 is 5.14 Å². The summed E-state index contributed by atoms with van der Waals surface area (Å²) in [6.45, 7) is -0.280. The van der Waals surface area contributed by atoms with Gasteiger partial charge in [0.05, 0.1) is 10.5 Å². The topological polar surface area (TPSA) is 138 Å². The van der Waals surface area contributed by atoms with E-state index in [-0.39, 0.29) is 23.0 Å². The molecule has 0 saturated carbocycles. The number of ether oxygens (including phenoxy) is 1. The van der Waals surface area contributed by atoms with Crippen LogP contribution in [0.25, 0.3) is 11.4 Å². The highest BCUT2D eigenvalue weighted by Gasteiger charge is 2.18. The van der Waals surface area contributed by atoms with Crippen LogP contribution in [0, 0.1) is 0 Å². The number of hydrogen-bond donors (Lipinski definition) is 1. The largest absolute Gasteiger partial charge is 0.452 e. The average Bonchev–Trinajstić information content (AvgIpc) is 3.09. The standard InChI is InChI=1S/C15H11BrN4O5S/c16-12-4-3-10(26(17,22)23)6-11(12)15(21)24-8-13-19-14(20-25-13)9-2-1-5-18-7-9/h1-7H,8H2,(H2,17,22,23). The van der Waals surface area contributed by atoms with Crippen molar-refractivity contribution in [3.05, 3.63) is 58.7 Å². The van der Waals surface area contributed by atoms with Crippen LogP contribution in [0.15, 0.2) is 56.6 Å². The quantitative estimate of drug-likeness (QED) is 0.595. The van der Waals surface area contributed by atoms with Gasteiger partial charge in [0.2, 0.25) is 15.8 Å². The lowest BCUT2D eigenvalue weighted by molar-refractivity contribution is 0.0428. The highest BCUT2D eigenvalue weighted by Crippen LogP contribution is 2.22. The molecule has 0 radical (unpaired) electrons. The van der Waals surface area contributed by atoms with Crippen LogP contribution in [0.1, 0.15) is 16.2 Å². The maximum atomic E-state index is 12.2. The molecule has 2 heterocycles. The Bertz CT molecular complexity index is 1050. The smallest absolute Gasteiger partial charge is 0.339 e. The van der Waals surface area contributed by atoms with Crippen molar-refractivity contribution in [2.45, 2.75) is 11.5 Å². The summed E-state index contributed by atoms with van der Waals surface area (Å²) in [4.78, 5) is 20.1. The van der Waals surface area contributed by atoms with Gasteiger partial charge in [-0.05, 0) is 46.3 Å². The third kappa shape index (κ3) is 4.12. The summed E-state index contributed by atoms with van der Waals surface area (Å²) in [6.07, 6.45) is 3.18. The van der Waals surface area contributed by atoms with E-state index in [0.717, 1.165) is 6.07 Å². The van der Waals surface area contributed by atoms with Crippen LogP contribution in [0.2, 0.25) is 0 Å². The number of carbonyl (C=O) groups excluding carboxylic acids is 1. The van der Waals surface area contributed by atoms with E-state index in [9.17, 15) is 13.2 Å². The second-order valence-corrected chi connectivity index (χ2v) is 7.43. The molecule has 0 aliphatic heterocycles. The molecule has 0 aliphatic rings. The van der Waals surface area contributed by atoms with Gasteiger partial charge in [-0.15, -0.1) is 0 Å². The third-order valence-electron chi connectivity index (χ3n) is 3.20. The van der Waals surface area contributed by atoms with Crippen molar-refractivity contribution >= 4 is 31.9 Å². The van der Waals surface area contributed by atoms with E-state index in [2.05, 4.69) is 31.1 Å². The second-order valence-electron chi connectivity index (χ2n) is 5.02. The number of carbonyl (C=O) groups is 1. The Morgan fingerprint density at radius 1 is 1.31 bits per heavy atom. The van der Waals surface area contributed by atoms with E-state index >= 15 is 0 Å². The molecule has 134 valence electrons. The molecule has 0 amide bonds. The fourth-order valence-electron chi connectivity index (χ4n) is 1.97. The molecule has 0 bridgehead atoms. The molecule has 0 atom stereocenters. The molecular formula is C15H11BrN4O5S. The average molecular weight is 439 g/mol. The first-order valence-corrected chi connectivity index (χ1v) is 9.41. The van der Waals surface area contributed by atoms with Gasteiger partial charge in [-0.2, -0.15) is 4.98 Å². The molecule has 0 saturated heterocycles. The van der Waals surface area contributed by atoms with Crippen molar-refractivity contribution in [3.8, 4) is 11.4 Å². The van der Waals surface area contributed by atoms with Gasteiger partial charge >= 0.3 is 5.97 Å². The number of nitrogens with two attached hydrogens (primary N) is 1. The number of pyridine rings is 1. The maximum Gasteiger partial charge on any atom is 0.339 e. The van der Waals surface area contributed by atoms with Crippen molar-refractivity contribution in [1.29, 1.82) is 0 Å². The van der Waals surface area contributed by atoms with Crippen molar-refractivity contribution in [1.82, 2.24) is 15.1 Å². The summed E-state index contributed by atoms with van der Waals surface area (Å²) < 4.78 is 33.3. The number of primary sulfonamides is 1. The number of rotatable bonds is 5. The molecule has 0 spiro atoms. The zero-order valence-electron chi connectivity index (χ0n) is 13.0. The Morgan fingerprint density at radius 3 is 2.81 bits per heavy atom. The number of nitrogens with zero attached hydrogens (tertiary/aromatic N) is 3. The van der Waals surface area contributed by atoms with Gasteiger partial charge in [-0.1, -0.05) is 5.16 Å². The lowest BCUT2D eigenvalue weighted by Gasteiger charge is -2.06. The van der Waals surface area contributed by atoms with Crippen LogP contribution in [0.3, 0.4) is 0 Å². The first-order valence-electron chi connectivity index (χ1n) is 7.07. The Kier molecular flexibility index (Phi) is 5.11. The van der Waals surface area contributed by atoms with E-state index in [1.807, 2.05) is 0 Å². The number of sulfonamides is 1. The van der Waals surface area contributed by atoms with Crippen LogP contribution in [0.4, 0.5) is 0 Å². The SMILES string of the molecule is NS(=O)(=O)c1ccc(Br)c(C(=O)OCc2nc(-c3cccnc3)no2)c1. The number of aromatic nitrogens is 3. The van der Waals surface area contributed by atoms with E-state index in [4.69, 9.17) is 14.4 Å². The third-order valence-corrected chi connectivity index (χ3v) is 4.80. The predicted molar refractivity (Wildman–Crippen MR) is 92.2 cm³/mol. The summed E-state index contributed by atoms with van der Waals surface area (Å²) in [5.74, 6) is -0.388. The molecular weight excluding hydrogens is 428 g/mol. The van der Waals surface area contributed by atoms with Crippen LogP contribution >= 0.6 is 15.9 Å². The number of halogens is 1. The predicted octanol–water partition coefficient (Wildman–Crippen LogP) is 1.90. The van der Waals surface area contributed by atoms with Crippen molar-refractivity contribution in [2.75, 3.05) is 0 Å². The fourth-order valence-corrected chi connectivity index (χ4v) is 2.92. The molecule has 0 aliphatic carbocycles. The van der Waals surface area contributed by atoms with Crippen LogP contribution in [-0.4, -0.2) is 29.5 Å². The molecule has 1 aromatic carbocycles. The van der Waals surface area contributed by atoms with Gasteiger partial charge in [-0.25, -0.2) is 18.4 Å². The Labute approximate surface area is 156 Å². The number of esters is 1. The van der Waals surface area contributed by atoms with Gasteiger partial charge in [0.25, 0.3) is 5.89 Å². The van der Waals surface area contributed by atoms with Crippen LogP contribution in [0.5, 0.6) is 0 Å². The van der Waals surface area contributed by atoms with E-state index in [1.165, 1.54) is 12.1 Å². The minimum Gasteiger partial charge on any atom is -0.452 e. The Balaban J connectivity index is 1.73. The lowest BCUT2D eigenvalue weighted by Crippen LogP contribution is -2.14. The Hall–Kier alpha value is -2.63. The number of hydrogen-bond acceptors (Lipinski definition) is 8. The maximum absolute atomic E-state index is 12.2. The first kappa shape index (κ1) is 18.2. The van der Waals surface area contributed by atoms with Gasteiger partial charge in [0, 0.05) is 22.4 Å². The molecule has 2 N–H and O–H groups in total. The lowest BCUT2D eigenvalue weighted by atomic mass is 10.2. The van der Waals surface area contributed by atoms with Gasteiger partial charge in [0.1, 0.15) is 0 Å². The van der Waals surface area contributed by atoms with Gasteiger partial charge < -0.3 is 9.26 Å². The second kappa shape index (κ2) is 7.32.